The molecule has 0 saturated carbocycles. The van der Waals surface area contributed by atoms with E-state index in [1.54, 1.807) is 4.90 Å². The molecule has 0 saturated heterocycles. The van der Waals surface area contributed by atoms with Crippen LogP contribution in [0.25, 0.3) is 0 Å². The zero-order valence-electron chi connectivity index (χ0n) is 28.9. The number of nitrogens with two attached hydrogens (primary N) is 7. The molecule has 0 aliphatic carbocycles. The quantitative estimate of drug-likeness (QED) is 0.0855. The number of fused-ring (bicyclic) bond motifs is 2. The van der Waals surface area contributed by atoms with Gasteiger partial charge in [-0.1, -0.05) is 42.2 Å². The number of amides is 3. The predicted octanol–water partition coefficient (Wildman–Crippen LogP) is 1.77. The largest absolute Gasteiger partial charge is 0.397 e. The minimum absolute atomic E-state index is 0.0347. The average Bonchev–Trinajstić information content (AvgIpc) is 3.13. The number of nitrogens with one attached hydrogen (secondary N) is 2. The number of para-hydroxylation sites is 1. The molecule has 0 fully saturated rings. The van der Waals surface area contributed by atoms with Crippen molar-refractivity contribution in [3.63, 3.8) is 0 Å². The van der Waals surface area contributed by atoms with Gasteiger partial charge in [0.2, 0.25) is 17.7 Å². The summed E-state index contributed by atoms with van der Waals surface area (Å²) in [4.78, 5) is 40.0. The second-order valence-corrected chi connectivity index (χ2v) is 11.8. The lowest BCUT2D eigenvalue weighted by Gasteiger charge is -2.26. The summed E-state index contributed by atoms with van der Waals surface area (Å²) < 4.78 is 11.0. The van der Waals surface area contributed by atoms with E-state index in [0.29, 0.717) is 6.54 Å². The predicted molar refractivity (Wildman–Crippen MR) is 205 cm³/mol. The van der Waals surface area contributed by atoms with Gasteiger partial charge in [0.25, 0.3) is 0 Å². The van der Waals surface area contributed by atoms with Gasteiger partial charge in [0, 0.05) is 49.0 Å². The van der Waals surface area contributed by atoms with Crippen LogP contribution in [-0.2, 0) is 36.9 Å². The van der Waals surface area contributed by atoms with Crippen molar-refractivity contribution in [3.8, 4) is 11.8 Å². The van der Waals surface area contributed by atoms with Gasteiger partial charge in [-0.25, -0.2) is 0 Å². The summed E-state index contributed by atoms with van der Waals surface area (Å²) in [7, 11) is 0. The second-order valence-electron chi connectivity index (χ2n) is 11.8. The SMILES string of the molecule is Nc1cc(N)c(N)c(CNC(=O)CCOCCOCCNC(=O)CCC(=O)N2Cc3ccccc3C#Cc3ccccc32)c(N)c(N)cc(N)c1N. The van der Waals surface area contributed by atoms with Crippen LogP contribution in [0.5, 0.6) is 0 Å². The molecule has 3 amide bonds. The molecule has 4 rings (SSSR count). The smallest absolute Gasteiger partial charge is 0.227 e. The van der Waals surface area contributed by atoms with Crippen LogP contribution in [0.1, 0.15) is 41.5 Å². The first kappa shape index (κ1) is 38.4. The summed E-state index contributed by atoms with van der Waals surface area (Å²) in [5, 5.41) is 5.49. The van der Waals surface area contributed by atoms with Gasteiger partial charge in [0.15, 0.2) is 0 Å². The van der Waals surface area contributed by atoms with Crippen molar-refractivity contribution >= 4 is 63.2 Å². The minimum Gasteiger partial charge on any atom is -0.397 e. The highest BCUT2D eigenvalue weighted by molar-refractivity contribution is 5.97. The van der Waals surface area contributed by atoms with Crippen LogP contribution >= 0.6 is 0 Å². The van der Waals surface area contributed by atoms with E-state index >= 15 is 0 Å². The zero-order valence-corrected chi connectivity index (χ0v) is 28.9. The van der Waals surface area contributed by atoms with Gasteiger partial charge in [-0.05, 0) is 35.9 Å². The highest BCUT2D eigenvalue weighted by atomic mass is 16.5. The molecule has 15 heteroatoms. The number of hydrogen-bond donors (Lipinski definition) is 9. The molecule has 274 valence electrons. The monoisotopic (exact) mass is 710 g/mol. The third-order valence-electron chi connectivity index (χ3n) is 8.13. The molecule has 0 bridgehead atoms. The Hall–Kier alpha value is -6.37. The molecule has 1 heterocycles. The van der Waals surface area contributed by atoms with E-state index < -0.39 is 0 Å². The number of ether oxygens (including phenoxy) is 2. The molecule has 16 N–H and O–H groups in total. The van der Waals surface area contributed by atoms with Crippen LogP contribution in [0, 0.1) is 11.8 Å². The number of benzene rings is 2. The number of carbonyl (C=O) groups is 3. The van der Waals surface area contributed by atoms with Gasteiger partial charge in [-0.15, -0.1) is 0 Å². The van der Waals surface area contributed by atoms with Crippen molar-refractivity contribution in [2.24, 2.45) is 0 Å². The first-order valence-corrected chi connectivity index (χ1v) is 16.6. The lowest BCUT2D eigenvalue weighted by atomic mass is 10.0. The Morgan fingerprint density at radius 2 is 1.19 bits per heavy atom. The van der Waals surface area contributed by atoms with Crippen molar-refractivity contribution in [1.82, 2.24) is 10.6 Å². The Morgan fingerprint density at radius 3 is 1.88 bits per heavy atom. The summed E-state index contributed by atoms with van der Waals surface area (Å²) >= 11 is 0. The van der Waals surface area contributed by atoms with E-state index in [9.17, 15) is 14.4 Å². The Bertz CT molecular complexity index is 1880. The number of carbonyl (C=O) groups excluding carboxylic acids is 3. The molecule has 0 aromatic heterocycles. The molecule has 15 nitrogen and oxygen atoms in total. The van der Waals surface area contributed by atoms with Crippen molar-refractivity contribution in [2.75, 3.05) is 78.0 Å². The molecule has 0 atom stereocenters. The second kappa shape index (κ2) is 18.6. The molecular weight excluding hydrogens is 664 g/mol. The third kappa shape index (κ3) is 10.6. The standard InChI is InChI=1S/C37H46N10O5/c38-27-19-29(40)37(44)30(41)20-28(39)36(43)26(35(27)42)21-46-33(49)13-15-51-17-18-52-16-14-45-32(48)11-12-34(50)47-22-25-7-2-1-5-23(25)9-10-24-6-3-4-8-31(24)47/h1-8,19-20H,11-18,21-22,38-44H2,(H,45,48)(H,46,49). The fraction of sp³-hybridized carbons (Fsp3) is 0.270. The van der Waals surface area contributed by atoms with Crippen molar-refractivity contribution in [2.45, 2.75) is 32.4 Å². The third-order valence-corrected chi connectivity index (χ3v) is 8.13. The van der Waals surface area contributed by atoms with E-state index in [1.807, 2.05) is 48.5 Å². The summed E-state index contributed by atoms with van der Waals surface area (Å²) in [5.74, 6) is 5.61. The summed E-state index contributed by atoms with van der Waals surface area (Å²) in [6.45, 7) is 1.43. The molecule has 1 aliphatic rings. The highest BCUT2D eigenvalue weighted by Crippen LogP contribution is 2.31. The fourth-order valence-electron chi connectivity index (χ4n) is 5.17. The van der Waals surface area contributed by atoms with Gasteiger partial charge >= 0.3 is 0 Å². The topological polar surface area (TPSA) is 279 Å². The molecule has 0 radical (unpaired) electrons. The van der Waals surface area contributed by atoms with E-state index in [2.05, 4.69) is 22.5 Å². The van der Waals surface area contributed by atoms with E-state index in [1.165, 1.54) is 12.1 Å². The normalized spacial score (nSPS) is 11.4. The van der Waals surface area contributed by atoms with E-state index in [-0.39, 0.29) is 122 Å². The molecule has 0 unspecified atom stereocenters. The summed E-state index contributed by atoms with van der Waals surface area (Å²) in [6, 6.07) is 17.9. The van der Waals surface area contributed by atoms with Crippen molar-refractivity contribution in [3.05, 3.63) is 82.9 Å². The zero-order chi connectivity index (χ0) is 37.6. The fourth-order valence-corrected chi connectivity index (χ4v) is 5.17. The first-order valence-electron chi connectivity index (χ1n) is 16.6. The summed E-state index contributed by atoms with van der Waals surface area (Å²) in [6.07, 6.45) is 0.127. The maximum atomic E-state index is 13.3. The van der Waals surface area contributed by atoms with Gasteiger partial charge < -0.3 is 65.1 Å². The Morgan fingerprint density at radius 1 is 0.635 bits per heavy atom. The van der Waals surface area contributed by atoms with Gasteiger partial charge in [-0.3, -0.25) is 14.4 Å². The van der Waals surface area contributed by atoms with Gasteiger partial charge in [0.1, 0.15) is 0 Å². The number of rotatable bonds is 14. The average molecular weight is 711 g/mol. The van der Waals surface area contributed by atoms with Crippen LogP contribution in [0.4, 0.5) is 45.5 Å². The molecule has 52 heavy (non-hydrogen) atoms. The molecule has 0 spiro atoms. The van der Waals surface area contributed by atoms with Crippen molar-refractivity contribution in [1.29, 1.82) is 0 Å². The van der Waals surface area contributed by atoms with Crippen LogP contribution in [-0.4, -0.2) is 50.7 Å². The molecule has 1 aliphatic heterocycles. The number of hydrogen-bond acceptors (Lipinski definition) is 12. The maximum Gasteiger partial charge on any atom is 0.227 e. The molecule has 3 aromatic carbocycles. The summed E-state index contributed by atoms with van der Waals surface area (Å²) in [5.41, 5.74) is 46.5. The van der Waals surface area contributed by atoms with Crippen LogP contribution in [0.3, 0.4) is 0 Å². The lowest BCUT2D eigenvalue weighted by molar-refractivity contribution is -0.125. The van der Waals surface area contributed by atoms with Crippen molar-refractivity contribution < 1.29 is 23.9 Å². The molecular formula is C37H46N10O5. The van der Waals surface area contributed by atoms with E-state index in [0.717, 1.165) is 22.4 Å². The number of nitrogens with zero attached hydrogens (tertiary/aromatic N) is 1. The van der Waals surface area contributed by atoms with Gasteiger partial charge in [0.05, 0.1) is 78.5 Å². The van der Waals surface area contributed by atoms with Crippen LogP contribution < -0.4 is 55.7 Å². The highest BCUT2D eigenvalue weighted by Gasteiger charge is 2.21. The van der Waals surface area contributed by atoms with Crippen LogP contribution in [0.2, 0.25) is 0 Å². The lowest BCUT2D eigenvalue weighted by Crippen LogP contribution is -2.34. The maximum absolute atomic E-state index is 13.3. The number of nitrogen functional groups attached to an aromatic ring is 7. The Kier molecular flexibility index (Phi) is 13.7. The van der Waals surface area contributed by atoms with Gasteiger partial charge in [-0.2, -0.15) is 0 Å². The van der Waals surface area contributed by atoms with E-state index in [4.69, 9.17) is 49.6 Å². The Balaban J connectivity index is 1.13. The van der Waals surface area contributed by atoms with Crippen LogP contribution in [0.15, 0.2) is 60.7 Å². The first-order chi connectivity index (χ1) is 25.0. The Labute approximate surface area is 302 Å². The number of anilines is 8. The minimum atomic E-state index is -0.332. The molecule has 3 aromatic rings.